The van der Waals surface area contributed by atoms with Gasteiger partial charge in [0.25, 0.3) is 0 Å². The molecule has 20 heavy (non-hydrogen) atoms. The van der Waals surface area contributed by atoms with Gasteiger partial charge in [0.15, 0.2) is 0 Å². The summed E-state index contributed by atoms with van der Waals surface area (Å²) in [6.45, 7) is 7.82. The van der Waals surface area contributed by atoms with E-state index in [2.05, 4.69) is 30.7 Å². The highest BCUT2D eigenvalue weighted by molar-refractivity contribution is 6.76. The normalized spacial score (nSPS) is 11.8. The van der Waals surface area contributed by atoms with Crippen LogP contribution in [0.25, 0.3) is 10.9 Å². The first-order valence-electron chi connectivity index (χ1n) is 6.61. The number of terminal acetylenes is 1. The van der Waals surface area contributed by atoms with Gasteiger partial charge in [-0.2, -0.15) is 4.39 Å². The number of rotatable bonds is 5. The van der Waals surface area contributed by atoms with Gasteiger partial charge in [0.1, 0.15) is 6.73 Å². The SMILES string of the molecule is C#Cc1ccc2c(c1)c(F)nn2COCC[Si](C)(C)C. The molecule has 0 N–H and O–H groups in total. The first kappa shape index (κ1) is 14.8. The summed E-state index contributed by atoms with van der Waals surface area (Å²) in [6, 6.07) is 6.27. The van der Waals surface area contributed by atoms with Crippen molar-refractivity contribution in [2.45, 2.75) is 32.4 Å². The van der Waals surface area contributed by atoms with Crippen LogP contribution >= 0.6 is 0 Å². The van der Waals surface area contributed by atoms with Crippen molar-refractivity contribution < 1.29 is 9.13 Å². The van der Waals surface area contributed by atoms with Crippen LogP contribution in [-0.2, 0) is 11.5 Å². The molecular weight excluding hydrogens is 271 g/mol. The molecule has 5 heteroatoms. The van der Waals surface area contributed by atoms with Crippen molar-refractivity contribution >= 4 is 19.0 Å². The van der Waals surface area contributed by atoms with Crippen LogP contribution in [-0.4, -0.2) is 24.5 Å². The van der Waals surface area contributed by atoms with E-state index in [1.54, 1.807) is 18.2 Å². The Balaban J connectivity index is 2.10. The molecule has 0 aliphatic rings. The van der Waals surface area contributed by atoms with E-state index in [1.165, 1.54) is 4.68 Å². The van der Waals surface area contributed by atoms with Gasteiger partial charge < -0.3 is 4.74 Å². The van der Waals surface area contributed by atoms with Gasteiger partial charge in [-0.3, -0.25) is 0 Å². The third-order valence-corrected chi connectivity index (χ3v) is 4.79. The number of hydrogen-bond acceptors (Lipinski definition) is 2. The fraction of sp³-hybridized carbons (Fsp3) is 0.400. The lowest BCUT2D eigenvalue weighted by molar-refractivity contribution is 0.0804. The molecular formula is C15H19FN2OSi. The fourth-order valence-electron chi connectivity index (χ4n) is 1.86. The van der Waals surface area contributed by atoms with Crippen LogP contribution in [0.1, 0.15) is 5.56 Å². The second kappa shape index (κ2) is 5.78. The molecule has 0 amide bonds. The monoisotopic (exact) mass is 290 g/mol. The Morgan fingerprint density at radius 3 is 2.80 bits per heavy atom. The molecule has 3 nitrogen and oxygen atoms in total. The molecule has 0 fully saturated rings. The summed E-state index contributed by atoms with van der Waals surface area (Å²) in [7, 11) is -1.11. The molecule has 0 saturated carbocycles. The number of hydrogen-bond donors (Lipinski definition) is 0. The maximum absolute atomic E-state index is 13.8. The first-order chi connectivity index (χ1) is 9.40. The third-order valence-electron chi connectivity index (χ3n) is 3.08. The predicted octanol–water partition coefficient (Wildman–Crippen LogP) is 3.47. The highest BCUT2D eigenvalue weighted by Crippen LogP contribution is 2.19. The highest BCUT2D eigenvalue weighted by Gasteiger charge is 2.13. The minimum Gasteiger partial charge on any atom is -0.360 e. The largest absolute Gasteiger partial charge is 0.360 e. The van der Waals surface area contributed by atoms with E-state index in [0.717, 1.165) is 6.04 Å². The van der Waals surface area contributed by atoms with Gasteiger partial charge in [-0.15, -0.1) is 11.5 Å². The van der Waals surface area contributed by atoms with E-state index in [4.69, 9.17) is 11.2 Å². The Hall–Kier alpha value is -1.64. The van der Waals surface area contributed by atoms with Gasteiger partial charge >= 0.3 is 0 Å². The summed E-state index contributed by atoms with van der Waals surface area (Å²) in [4.78, 5) is 0. The van der Waals surface area contributed by atoms with Crippen LogP contribution in [0.5, 0.6) is 0 Å². The van der Waals surface area contributed by atoms with Crippen molar-refractivity contribution in [1.82, 2.24) is 9.78 Å². The van der Waals surface area contributed by atoms with Crippen LogP contribution in [0.15, 0.2) is 18.2 Å². The van der Waals surface area contributed by atoms with Crippen molar-refractivity contribution in [2.75, 3.05) is 6.61 Å². The van der Waals surface area contributed by atoms with E-state index < -0.39 is 14.0 Å². The first-order valence-corrected chi connectivity index (χ1v) is 10.3. The van der Waals surface area contributed by atoms with E-state index >= 15 is 0 Å². The van der Waals surface area contributed by atoms with E-state index in [0.29, 0.717) is 23.1 Å². The van der Waals surface area contributed by atoms with Crippen molar-refractivity contribution in [3.8, 4) is 12.3 Å². The standard InChI is InChI=1S/C15H19FN2OSi/c1-5-12-6-7-14-13(10-12)15(16)17-18(14)11-19-8-9-20(2,3)4/h1,6-7,10H,8-9,11H2,2-4H3. The Morgan fingerprint density at radius 2 is 2.15 bits per heavy atom. The summed E-state index contributed by atoms with van der Waals surface area (Å²) in [5.74, 6) is 1.99. The van der Waals surface area contributed by atoms with E-state index in [-0.39, 0.29) is 6.73 Å². The lowest BCUT2D eigenvalue weighted by Gasteiger charge is -2.15. The number of benzene rings is 1. The lowest BCUT2D eigenvalue weighted by atomic mass is 10.2. The summed E-state index contributed by atoms with van der Waals surface area (Å²) < 4.78 is 20.9. The molecule has 0 bridgehead atoms. The zero-order valence-electron chi connectivity index (χ0n) is 12.1. The Labute approximate surface area is 119 Å². The molecule has 0 unspecified atom stereocenters. The van der Waals surface area contributed by atoms with Crippen molar-refractivity contribution in [3.63, 3.8) is 0 Å². The van der Waals surface area contributed by atoms with Crippen LogP contribution < -0.4 is 0 Å². The fourth-order valence-corrected chi connectivity index (χ4v) is 2.61. The minimum atomic E-state index is -1.11. The minimum absolute atomic E-state index is 0.264. The molecule has 1 aromatic carbocycles. The maximum atomic E-state index is 13.8. The van der Waals surface area contributed by atoms with Gasteiger partial charge in [-0.05, 0) is 24.2 Å². The molecule has 0 radical (unpaired) electrons. The van der Waals surface area contributed by atoms with E-state index in [9.17, 15) is 4.39 Å². The second-order valence-corrected chi connectivity index (χ2v) is 11.6. The molecule has 1 aromatic heterocycles. The molecule has 0 saturated heterocycles. The van der Waals surface area contributed by atoms with Crippen LogP contribution in [0.4, 0.5) is 4.39 Å². The number of ether oxygens (including phenoxy) is 1. The van der Waals surface area contributed by atoms with Crippen LogP contribution in [0, 0.1) is 18.3 Å². The average molecular weight is 290 g/mol. The third kappa shape index (κ3) is 3.47. The summed E-state index contributed by atoms with van der Waals surface area (Å²) >= 11 is 0. The Bertz CT molecular complexity index is 652. The Kier molecular flexibility index (Phi) is 4.26. The second-order valence-electron chi connectivity index (χ2n) is 6.01. The van der Waals surface area contributed by atoms with E-state index in [1.807, 2.05) is 0 Å². The van der Waals surface area contributed by atoms with Crippen LogP contribution in [0.2, 0.25) is 25.7 Å². The zero-order chi connectivity index (χ0) is 14.8. The predicted molar refractivity (Wildman–Crippen MR) is 81.7 cm³/mol. The van der Waals surface area contributed by atoms with Crippen molar-refractivity contribution in [2.24, 2.45) is 0 Å². The van der Waals surface area contributed by atoms with Crippen molar-refractivity contribution in [3.05, 3.63) is 29.7 Å². The number of nitrogens with zero attached hydrogens (tertiary/aromatic N) is 2. The average Bonchev–Trinajstić information content (AvgIpc) is 2.70. The highest BCUT2D eigenvalue weighted by atomic mass is 28.3. The van der Waals surface area contributed by atoms with Crippen LogP contribution in [0.3, 0.4) is 0 Å². The van der Waals surface area contributed by atoms with Gasteiger partial charge in [0.2, 0.25) is 5.95 Å². The molecule has 0 atom stereocenters. The summed E-state index contributed by atoms with van der Waals surface area (Å²) in [5.41, 5.74) is 1.35. The number of fused-ring (bicyclic) bond motifs is 1. The summed E-state index contributed by atoms with van der Waals surface area (Å²) in [6.07, 6.45) is 5.32. The smallest absolute Gasteiger partial charge is 0.240 e. The Morgan fingerprint density at radius 1 is 1.40 bits per heavy atom. The molecule has 2 rings (SSSR count). The van der Waals surface area contributed by atoms with Gasteiger partial charge in [0.05, 0.1) is 10.9 Å². The lowest BCUT2D eigenvalue weighted by Crippen LogP contribution is -2.22. The molecule has 0 aliphatic carbocycles. The molecule has 106 valence electrons. The topological polar surface area (TPSA) is 27.1 Å². The van der Waals surface area contributed by atoms with Gasteiger partial charge in [-0.25, -0.2) is 4.68 Å². The molecule has 2 aromatic rings. The van der Waals surface area contributed by atoms with Gasteiger partial charge in [-0.1, -0.05) is 25.6 Å². The summed E-state index contributed by atoms with van der Waals surface area (Å²) in [5, 5.41) is 4.31. The quantitative estimate of drug-likeness (QED) is 0.479. The molecule has 0 spiro atoms. The van der Waals surface area contributed by atoms with Crippen molar-refractivity contribution in [1.29, 1.82) is 0 Å². The number of halogens is 1. The molecule has 1 heterocycles. The zero-order valence-corrected chi connectivity index (χ0v) is 13.1. The number of aromatic nitrogens is 2. The van der Waals surface area contributed by atoms with Gasteiger partial charge in [0, 0.05) is 20.2 Å². The maximum Gasteiger partial charge on any atom is 0.240 e. The molecule has 0 aliphatic heterocycles.